The highest BCUT2D eigenvalue weighted by atomic mass is 32.2. The van der Waals surface area contributed by atoms with Crippen molar-refractivity contribution in [2.24, 2.45) is 17.8 Å². The van der Waals surface area contributed by atoms with Gasteiger partial charge in [0, 0.05) is 50.1 Å². The second-order valence-corrected chi connectivity index (χ2v) is 11.6. The number of hydrogen-bond acceptors (Lipinski definition) is 7. The van der Waals surface area contributed by atoms with E-state index in [0.717, 1.165) is 48.6 Å². The van der Waals surface area contributed by atoms with Gasteiger partial charge in [-0.3, -0.25) is 4.72 Å². The molecule has 3 fully saturated rings. The molecule has 3 heterocycles. The lowest BCUT2D eigenvalue weighted by Crippen LogP contribution is -2.32. The molecule has 1 aromatic heterocycles. The molecule has 33 heavy (non-hydrogen) atoms. The molecule has 1 aliphatic carbocycles. The first-order valence-electron chi connectivity index (χ1n) is 11.9. The Balaban J connectivity index is 1.13. The number of rotatable bonds is 7. The van der Waals surface area contributed by atoms with Crippen LogP contribution < -0.4 is 10.0 Å². The molecule has 8 nitrogen and oxygen atoms in total. The van der Waals surface area contributed by atoms with E-state index in [2.05, 4.69) is 25.1 Å². The summed E-state index contributed by atoms with van der Waals surface area (Å²) in [6.45, 7) is 5.55. The van der Waals surface area contributed by atoms with Crippen LogP contribution in [-0.4, -0.2) is 68.7 Å². The van der Waals surface area contributed by atoms with E-state index in [9.17, 15) is 8.42 Å². The molecule has 2 aromatic rings. The van der Waals surface area contributed by atoms with E-state index in [1.54, 1.807) is 18.2 Å². The molecule has 3 atom stereocenters. The smallest absolute Gasteiger partial charge is 0.229 e. The molecule has 178 valence electrons. The molecule has 0 bridgehead atoms. The van der Waals surface area contributed by atoms with Crippen LogP contribution >= 0.6 is 0 Å². The van der Waals surface area contributed by atoms with Crippen molar-refractivity contribution in [1.82, 2.24) is 15.1 Å². The minimum Gasteiger partial charge on any atom is -0.381 e. The third-order valence-corrected chi connectivity index (χ3v) is 7.77. The maximum absolute atomic E-state index is 11.5. The molecule has 2 N–H and O–H groups in total. The van der Waals surface area contributed by atoms with Gasteiger partial charge in [-0.1, -0.05) is 12.1 Å². The molecule has 0 spiro atoms. The molecule has 5 rings (SSSR count). The fraction of sp³-hybridized carbons (Fsp3) is 0.583. The van der Waals surface area contributed by atoms with Gasteiger partial charge in [0.1, 0.15) is 5.82 Å². The quantitative estimate of drug-likeness (QED) is 0.641. The fourth-order valence-corrected chi connectivity index (χ4v) is 6.24. The number of ether oxygens (including phenoxy) is 1. The van der Waals surface area contributed by atoms with E-state index in [0.29, 0.717) is 17.4 Å². The Labute approximate surface area is 196 Å². The zero-order valence-electron chi connectivity index (χ0n) is 19.1. The second kappa shape index (κ2) is 9.56. The summed E-state index contributed by atoms with van der Waals surface area (Å²) in [6, 6.07) is 11.5. The third-order valence-electron chi connectivity index (χ3n) is 7.16. The van der Waals surface area contributed by atoms with Crippen LogP contribution in [0.5, 0.6) is 0 Å². The Hall–Kier alpha value is -2.23. The van der Waals surface area contributed by atoms with Crippen molar-refractivity contribution >= 4 is 21.5 Å². The van der Waals surface area contributed by atoms with Gasteiger partial charge in [-0.25, -0.2) is 8.42 Å². The number of nitrogens with one attached hydrogen (secondary N) is 2. The van der Waals surface area contributed by atoms with Crippen molar-refractivity contribution in [3.63, 3.8) is 0 Å². The lowest BCUT2D eigenvalue weighted by molar-refractivity contribution is 0.0545. The van der Waals surface area contributed by atoms with Crippen molar-refractivity contribution in [2.45, 2.75) is 31.7 Å². The van der Waals surface area contributed by atoms with Gasteiger partial charge >= 0.3 is 0 Å². The van der Waals surface area contributed by atoms with Gasteiger partial charge in [0.25, 0.3) is 0 Å². The second-order valence-electron chi connectivity index (χ2n) is 9.87. The van der Waals surface area contributed by atoms with Gasteiger partial charge in [-0.15, -0.1) is 10.2 Å². The summed E-state index contributed by atoms with van der Waals surface area (Å²) in [6.07, 6.45) is 5.95. The third kappa shape index (κ3) is 5.83. The number of likely N-dealkylation sites (tertiary alicyclic amines) is 1. The number of anilines is 2. The van der Waals surface area contributed by atoms with Gasteiger partial charge in [0.05, 0.1) is 11.9 Å². The summed E-state index contributed by atoms with van der Waals surface area (Å²) in [7, 11) is -3.32. The maximum Gasteiger partial charge on any atom is 0.229 e. The topological polar surface area (TPSA) is 96.5 Å². The lowest BCUT2D eigenvalue weighted by atomic mass is 10.00. The van der Waals surface area contributed by atoms with Crippen molar-refractivity contribution < 1.29 is 13.2 Å². The van der Waals surface area contributed by atoms with Gasteiger partial charge in [0.15, 0.2) is 0 Å². The first-order chi connectivity index (χ1) is 15.9. The zero-order chi connectivity index (χ0) is 22.8. The lowest BCUT2D eigenvalue weighted by Gasteiger charge is -2.27. The van der Waals surface area contributed by atoms with Crippen molar-refractivity contribution in [3.8, 4) is 11.3 Å². The number of sulfonamides is 1. The summed E-state index contributed by atoms with van der Waals surface area (Å²) >= 11 is 0. The minimum absolute atomic E-state index is 0.452. The monoisotopic (exact) mass is 471 g/mol. The standard InChI is InChI=1S/C24H33N5O3S/c1-33(30,31)28-21-4-2-3-18(11-21)23-5-6-24(27-26-23)25-22-12-19-15-29(16-20(19)13-22)14-17-7-9-32-10-8-17/h2-6,11,17,19-20,22,28H,7-10,12-16H2,1H3,(H,25,27)/t19-,20+,22+. The van der Waals surface area contributed by atoms with Crippen LogP contribution in [0.2, 0.25) is 0 Å². The van der Waals surface area contributed by atoms with Crippen molar-refractivity contribution in [2.75, 3.05) is 49.1 Å². The number of benzene rings is 1. The molecule has 2 saturated heterocycles. The minimum atomic E-state index is -3.32. The Morgan fingerprint density at radius 3 is 2.48 bits per heavy atom. The average Bonchev–Trinajstić information content (AvgIpc) is 3.32. The summed E-state index contributed by atoms with van der Waals surface area (Å²) < 4.78 is 31.0. The zero-order valence-corrected chi connectivity index (χ0v) is 19.9. The molecule has 1 aromatic carbocycles. The molecule has 2 aliphatic heterocycles. The average molecular weight is 472 g/mol. The Bertz CT molecular complexity index is 1040. The SMILES string of the molecule is CS(=O)(=O)Nc1cccc(-c2ccc(N[C@H]3C[C@@H]4CN(CC5CCOCC5)C[C@@H]4C3)nn2)c1. The molecule has 3 aliphatic rings. The van der Waals surface area contributed by atoms with Crippen molar-refractivity contribution in [1.29, 1.82) is 0 Å². The van der Waals surface area contributed by atoms with Gasteiger partial charge in [-0.2, -0.15) is 0 Å². The highest BCUT2D eigenvalue weighted by Crippen LogP contribution is 2.39. The predicted octanol–water partition coefficient (Wildman–Crippen LogP) is 3.06. The highest BCUT2D eigenvalue weighted by Gasteiger charge is 2.41. The normalized spacial score (nSPS) is 26.3. The summed E-state index contributed by atoms with van der Waals surface area (Å²) in [5.41, 5.74) is 2.05. The van der Waals surface area contributed by atoms with Crippen LogP contribution in [0.3, 0.4) is 0 Å². The highest BCUT2D eigenvalue weighted by molar-refractivity contribution is 7.92. The largest absolute Gasteiger partial charge is 0.381 e. The van der Waals surface area contributed by atoms with E-state index in [1.165, 1.54) is 45.3 Å². The molecule has 0 radical (unpaired) electrons. The van der Waals surface area contributed by atoms with E-state index in [1.807, 2.05) is 18.2 Å². The first-order valence-corrected chi connectivity index (χ1v) is 13.8. The van der Waals surface area contributed by atoms with Crippen LogP contribution in [0.4, 0.5) is 11.5 Å². The molecule has 0 unspecified atom stereocenters. The Morgan fingerprint density at radius 2 is 1.82 bits per heavy atom. The van der Waals surface area contributed by atoms with Crippen molar-refractivity contribution in [3.05, 3.63) is 36.4 Å². The Morgan fingerprint density at radius 1 is 1.06 bits per heavy atom. The molecule has 0 amide bonds. The van der Waals surface area contributed by atoms with Crippen LogP contribution in [0, 0.1) is 17.8 Å². The summed E-state index contributed by atoms with van der Waals surface area (Å²) in [5, 5.41) is 12.3. The molecule has 9 heteroatoms. The molecular formula is C24H33N5O3S. The van der Waals surface area contributed by atoms with Crippen LogP contribution in [0.15, 0.2) is 36.4 Å². The van der Waals surface area contributed by atoms with Crippen LogP contribution in [0.1, 0.15) is 25.7 Å². The maximum atomic E-state index is 11.5. The molecular weight excluding hydrogens is 438 g/mol. The number of aromatic nitrogens is 2. The van der Waals surface area contributed by atoms with E-state index in [4.69, 9.17) is 4.74 Å². The fourth-order valence-electron chi connectivity index (χ4n) is 5.69. The number of hydrogen-bond donors (Lipinski definition) is 2. The van der Waals surface area contributed by atoms with E-state index >= 15 is 0 Å². The first kappa shape index (κ1) is 22.6. The Kier molecular flexibility index (Phi) is 6.53. The molecule has 1 saturated carbocycles. The number of fused-ring (bicyclic) bond motifs is 1. The van der Waals surface area contributed by atoms with Gasteiger partial charge in [-0.05, 0) is 67.7 Å². The van der Waals surface area contributed by atoms with Crippen LogP contribution in [0.25, 0.3) is 11.3 Å². The number of nitrogens with zero attached hydrogens (tertiary/aromatic N) is 3. The summed E-state index contributed by atoms with van der Waals surface area (Å²) in [4.78, 5) is 2.68. The van der Waals surface area contributed by atoms with Crippen LogP contribution in [-0.2, 0) is 14.8 Å². The van der Waals surface area contributed by atoms with Gasteiger partial charge < -0.3 is 15.0 Å². The van der Waals surface area contributed by atoms with Gasteiger partial charge in [0.2, 0.25) is 10.0 Å². The predicted molar refractivity (Wildman–Crippen MR) is 130 cm³/mol. The summed E-state index contributed by atoms with van der Waals surface area (Å²) in [5.74, 6) is 3.16. The van der Waals surface area contributed by atoms with E-state index < -0.39 is 10.0 Å². The van der Waals surface area contributed by atoms with E-state index in [-0.39, 0.29) is 0 Å².